The second-order valence-electron chi connectivity index (χ2n) is 39.5. The van der Waals surface area contributed by atoms with E-state index in [1.165, 1.54) is 97.2 Å². The van der Waals surface area contributed by atoms with Crippen LogP contribution in [0.2, 0.25) is 0 Å². The van der Waals surface area contributed by atoms with Crippen molar-refractivity contribution in [1.29, 1.82) is 0 Å². The van der Waals surface area contributed by atoms with Crippen LogP contribution in [-0.4, -0.2) is 17.3 Å². The van der Waals surface area contributed by atoms with Gasteiger partial charge in [-0.1, -0.05) is 244 Å². The average Bonchev–Trinajstić information content (AvgIpc) is 0.777. The average molecular weight is 1740 g/mol. The molecular formula is C108H150O6S6. The Balaban J connectivity index is 0.000000248. The molecule has 6 nitrogen and oxygen atoms in total. The van der Waals surface area contributed by atoms with E-state index in [0.717, 1.165) is 149 Å². The lowest BCUT2D eigenvalue weighted by molar-refractivity contribution is -0.301. The van der Waals surface area contributed by atoms with Gasteiger partial charge in [0.05, 0.1) is 0 Å². The fraction of sp³-hybridized carbons (Fsp3) is 0.556. The summed E-state index contributed by atoms with van der Waals surface area (Å²) in [6.07, 6.45) is 50.5. The van der Waals surface area contributed by atoms with Crippen molar-refractivity contribution in [1.82, 2.24) is 0 Å². The lowest BCUT2D eigenvalue weighted by atomic mass is 9.85. The van der Waals surface area contributed by atoms with Crippen molar-refractivity contribution in [3.8, 4) is 0 Å². The molecule has 0 bridgehead atoms. The van der Waals surface area contributed by atoms with E-state index in [9.17, 15) is 29.7 Å². The van der Waals surface area contributed by atoms with E-state index in [1.54, 1.807) is 0 Å². The summed E-state index contributed by atoms with van der Waals surface area (Å²) in [7, 11) is 0. The summed E-state index contributed by atoms with van der Waals surface area (Å²) in [4.78, 5) is 55.7. The number of carbonyl (C=O) groups excluding carboxylic acids is 3. The van der Waals surface area contributed by atoms with E-state index < -0.39 is 0 Å². The van der Waals surface area contributed by atoms with Gasteiger partial charge in [0.15, 0.2) is 17.3 Å². The number of thioether (sulfide) groups is 3. The zero-order chi connectivity index (χ0) is 88.2. The van der Waals surface area contributed by atoms with Gasteiger partial charge in [-0.25, -0.2) is 0 Å². The largest absolute Gasteiger partial charge is 0.871 e. The molecule has 6 aliphatic rings. The van der Waals surface area contributed by atoms with Crippen LogP contribution in [0.3, 0.4) is 0 Å². The van der Waals surface area contributed by atoms with Gasteiger partial charge < -0.3 is 15.3 Å². The lowest BCUT2D eigenvalue weighted by Gasteiger charge is -2.29. The molecule has 12 heteroatoms. The molecule has 0 saturated carbocycles. The molecule has 0 unspecified atom stereocenters. The second-order valence-corrected chi connectivity index (χ2v) is 47.0. The Kier molecular flexibility index (Phi) is 42.6. The van der Waals surface area contributed by atoms with Crippen LogP contribution in [0, 0.1) is 71.0 Å². The number of Topliss-reactive ketones (excluding diaryl/α,β-unsaturated/α-hetero) is 3. The van der Waals surface area contributed by atoms with Gasteiger partial charge in [0.1, 0.15) is 0 Å². The maximum Gasteiger partial charge on any atom is 0.218 e. The third kappa shape index (κ3) is 35.4. The lowest BCUT2D eigenvalue weighted by Crippen LogP contribution is -2.29. The van der Waals surface area contributed by atoms with Crippen LogP contribution >= 0.6 is 69.3 Å². The minimum absolute atomic E-state index is 0.116. The molecule has 0 fully saturated rings. The van der Waals surface area contributed by atoms with Crippen LogP contribution < -0.4 is 15.3 Å². The molecule has 6 heterocycles. The number of ketones is 3. The summed E-state index contributed by atoms with van der Waals surface area (Å²) in [5, 5.41) is 39.7. The topological polar surface area (TPSA) is 120 Å². The zero-order valence-electron chi connectivity index (χ0n) is 78.2. The van der Waals surface area contributed by atoms with Crippen molar-refractivity contribution >= 4 is 105 Å². The standard InChI is InChI=1S/C38H54O2S2.C36H50O2S2.C34H46O2S2/c1-25(2)11-9-13-31-19-29(21-33(41-31)17-15-27(5)6)23-35-37(39)36(38(35)40)24-30-20-32(14-10-12-26(3)4)42-34(22-30)18-16-28(7)8;1-23(2)11-9-13-29-17-27(19-31(39-29)15-25(5)6)21-33-35(37)34(36(33)38)22-28-18-30(14-10-12-24(3)4)40-32(20-28)16-26(7)8;1-21(2)9-11-27-15-25(17-29(37-27)13-23(5)6)19-31-33(35)32(34(31)36)20-26-16-28(12-10-22(3)4)38-30(18-26)14-24(7)8/h19-28H,9-18H2,1-8H3;17-26H,9-16H2,1-8H3;15-24H,9-14H2,1-8H3. The summed E-state index contributed by atoms with van der Waals surface area (Å²) in [6.45, 7) is 54.0. The minimum Gasteiger partial charge on any atom is -0.871 e. The first-order chi connectivity index (χ1) is 56.7. The summed E-state index contributed by atoms with van der Waals surface area (Å²) >= 11 is 11.3. The molecule has 654 valence electrons. The molecule has 0 radical (unpaired) electrons. The van der Waals surface area contributed by atoms with Crippen LogP contribution in [0.4, 0.5) is 0 Å². The highest BCUT2D eigenvalue weighted by Gasteiger charge is 2.31. The van der Waals surface area contributed by atoms with Crippen LogP contribution in [-0.2, 0) is 52.9 Å². The third-order valence-corrected chi connectivity index (χ3v) is 28.3. The highest BCUT2D eigenvalue weighted by atomic mass is 32.2. The molecule has 3 aromatic rings. The fourth-order valence-electron chi connectivity index (χ4n) is 14.9. The molecule has 120 heavy (non-hydrogen) atoms. The Labute approximate surface area is 753 Å². The quantitative estimate of drug-likeness (QED) is 0.0403. The Morgan fingerprint density at radius 1 is 0.258 bits per heavy atom. The summed E-state index contributed by atoms with van der Waals surface area (Å²) < 4.78 is 0. The van der Waals surface area contributed by atoms with Gasteiger partial charge in [0.25, 0.3) is 0 Å². The van der Waals surface area contributed by atoms with Gasteiger partial charge >= 0.3 is 0 Å². The normalized spacial score (nSPS) is 18.1. The minimum atomic E-state index is -0.127. The Bertz CT molecular complexity index is 4520. The Morgan fingerprint density at radius 3 is 0.750 bits per heavy atom. The van der Waals surface area contributed by atoms with Gasteiger partial charge in [-0.2, -0.15) is 0 Å². The molecule has 0 atom stereocenters. The highest BCUT2D eigenvalue weighted by molar-refractivity contribution is 8.07. The van der Waals surface area contributed by atoms with Crippen molar-refractivity contribution in [3.63, 3.8) is 0 Å². The molecule has 0 saturated heterocycles. The fourth-order valence-corrected chi connectivity index (χ4v) is 22.8. The van der Waals surface area contributed by atoms with E-state index in [4.69, 9.17) is 0 Å². The number of hydrogen-bond donors (Lipinski definition) is 0. The van der Waals surface area contributed by atoms with Crippen LogP contribution in [0.1, 0.15) is 328 Å². The van der Waals surface area contributed by atoms with Gasteiger partial charge in [-0.05, 0) is 297 Å². The number of hydrogen-bond acceptors (Lipinski definition) is 9. The van der Waals surface area contributed by atoms with Gasteiger partial charge in [0, 0.05) is 108 Å². The summed E-state index contributed by atoms with van der Waals surface area (Å²) in [6, 6.07) is 13.1. The van der Waals surface area contributed by atoms with Crippen molar-refractivity contribution in [2.75, 3.05) is 0 Å². The molecule has 3 aliphatic carbocycles. The van der Waals surface area contributed by atoms with E-state index in [1.807, 2.05) is 106 Å². The first-order valence-corrected chi connectivity index (χ1v) is 51.0. The first kappa shape index (κ1) is 101. The van der Waals surface area contributed by atoms with E-state index >= 15 is 0 Å². The smallest absolute Gasteiger partial charge is 0.218 e. The third-order valence-electron chi connectivity index (χ3n) is 21.4. The molecule has 0 N–H and O–H groups in total. The number of carbonyl (C=O) groups is 3. The molecular weight excluding hydrogens is 1590 g/mol. The van der Waals surface area contributed by atoms with Gasteiger partial charge in [-0.15, -0.1) is 0 Å². The number of aryl methyl sites for hydroxylation is 4. The number of allylic oxidation sites excluding steroid dienone is 24. The van der Waals surface area contributed by atoms with Gasteiger partial charge in [-0.3, -0.25) is 14.4 Å². The second kappa shape index (κ2) is 50.4. The van der Waals surface area contributed by atoms with E-state index in [-0.39, 0.29) is 34.6 Å². The summed E-state index contributed by atoms with van der Waals surface area (Å²) in [5.74, 6) is 6.89. The molecule has 0 spiro atoms. The SMILES string of the molecule is CC(C)CCC1=CC(=CC2=C([O-])C(=Cc3cc(CCC(C)C)[s+]c(CC(C)C)c3)C2=O)C=C(CC(C)C)S1.CC(C)CCCC1=CC(=CC2=C([O-])C(=Cc3cc(CCCC(C)C)[s+]c(CC(C)C)c3)C2=O)C=C(CC(C)C)S1.CC(C)CCCC1=CC(=CC2=C([O-])C(=Cc3cc(CCCC(C)C)[s+]c(CCC(C)C)c3)C2=O)C=C(CCC(C)C)S1. The maximum absolute atomic E-state index is 13.3. The first-order valence-electron chi connectivity index (χ1n) is 46.1. The highest BCUT2D eigenvalue weighted by Crippen LogP contribution is 2.45. The van der Waals surface area contributed by atoms with E-state index in [0.29, 0.717) is 104 Å². The monoisotopic (exact) mass is 1730 g/mol. The molecule has 0 aromatic carbocycles. The van der Waals surface area contributed by atoms with Crippen molar-refractivity contribution < 1.29 is 29.7 Å². The predicted molar refractivity (Wildman–Crippen MR) is 525 cm³/mol. The predicted octanol–water partition coefficient (Wildman–Crippen LogP) is 30.3. The number of rotatable bonds is 42. The van der Waals surface area contributed by atoms with E-state index in [2.05, 4.69) is 239 Å². The molecule has 0 amide bonds. The maximum atomic E-state index is 13.3. The van der Waals surface area contributed by atoms with Crippen LogP contribution in [0.25, 0.3) is 18.2 Å². The van der Waals surface area contributed by atoms with Crippen LogP contribution in [0.5, 0.6) is 0 Å². The van der Waals surface area contributed by atoms with Crippen molar-refractivity contribution in [2.45, 2.75) is 320 Å². The Morgan fingerprint density at radius 2 is 0.483 bits per heavy atom. The Hall–Kier alpha value is -5.73. The van der Waals surface area contributed by atoms with Crippen LogP contribution in [0.15, 0.2) is 188 Å². The van der Waals surface area contributed by atoms with Crippen molar-refractivity contribution in [2.24, 2.45) is 71.0 Å². The molecule has 3 aliphatic heterocycles. The molecule has 3 aromatic heterocycles. The molecule has 9 rings (SSSR count). The summed E-state index contributed by atoms with van der Waals surface area (Å²) in [5.41, 5.74) is 7.85. The van der Waals surface area contributed by atoms with Crippen molar-refractivity contribution in [3.05, 3.63) is 234 Å². The van der Waals surface area contributed by atoms with Gasteiger partial charge in [0.2, 0.25) is 63.3 Å². The zero-order valence-corrected chi connectivity index (χ0v) is 83.1.